The molecule has 0 aliphatic heterocycles. The molecule has 0 aliphatic rings. The zero-order valence-corrected chi connectivity index (χ0v) is 17.0. The average molecular weight is 455 g/mol. The largest absolute Gasteiger partial charge is 0.496 e. The van der Waals surface area contributed by atoms with Crippen molar-refractivity contribution >= 4 is 28.5 Å². The number of amides is 1. The van der Waals surface area contributed by atoms with Gasteiger partial charge >= 0.3 is 0 Å². The van der Waals surface area contributed by atoms with Crippen molar-refractivity contribution < 1.29 is 19.0 Å². The van der Waals surface area contributed by atoms with E-state index in [0.717, 1.165) is 20.4 Å². The minimum Gasteiger partial charge on any atom is -0.496 e. The molecule has 0 unspecified atom stereocenters. The number of carbonyl (C=O) groups is 1. The Labute approximate surface area is 161 Å². The number of hydrogen-bond acceptors (Lipinski definition) is 4. The van der Waals surface area contributed by atoms with E-state index >= 15 is 0 Å². The molecular formula is C19H22INO4. The Kier molecular flexibility index (Phi) is 6.92. The Morgan fingerprint density at radius 3 is 2.28 bits per heavy atom. The minimum atomic E-state index is -0.142. The standard InChI is InChI=1S/C19H22INO4/c1-12-5-6-16(23-2)13(9-12)7-8-21-19(22)14-10-17(24-3)18(25-4)11-15(14)20/h5-6,9-11H,7-8H2,1-4H3,(H,21,22). The molecule has 25 heavy (non-hydrogen) atoms. The molecule has 0 bridgehead atoms. The molecule has 2 aromatic rings. The van der Waals surface area contributed by atoms with Crippen LogP contribution < -0.4 is 19.5 Å². The molecule has 0 radical (unpaired) electrons. The zero-order chi connectivity index (χ0) is 18.4. The highest BCUT2D eigenvalue weighted by Crippen LogP contribution is 2.31. The van der Waals surface area contributed by atoms with Crippen molar-refractivity contribution in [2.24, 2.45) is 0 Å². The van der Waals surface area contributed by atoms with Crippen molar-refractivity contribution in [1.29, 1.82) is 0 Å². The van der Waals surface area contributed by atoms with E-state index in [4.69, 9.17) is 14.2 Å². The van der Waals surface area contributed by atoms with Gasteiger partial charge in [0.1, 0.15) is 5.75 Å². The molecule has 0 saturated heterocycles. The van der Waals surface area contributed by atoms with Gasteiger partial charge in [-0.25, -0.2) is 0 Å². The lowest BCUT2D eigenvalue weighted by molar-refractivity contribution is 0.0952. The Bertz CT molecular complexity index is 761. The summed E-state index contributed by atoms with van der Waals surface area (Å²) in [6.07, 6.45) is 0.695. The number of aryl methyl sites for hydroxylation is 1. The van der Waals surface area contributed by atoms with E-state index in [1.807, 2.05) is 19.1 Å². The first-order valence-electron chi connectivity index (χ1n) is 7.83. The first-order valence-corrected chi connectivity index (χ1v) is 8.91. The number of nitrogens with one attached hydrogen (secondary N) is 1. The molecule has 0 spiro atoms. The van der Waals surface area contributed by atoms with E-state index in [1.54, 1.807) is 33.5 Å². The van der Waals surface area contributed by atoms with Crippen molar-refractivity contribution in [2.75, 3.05) is 27.9 Å². The van der Waals surface area contributed by atoms with Gasteiger partial charge in [-0.2, -0.15) is 0 Å². The summed E-state index contributed by atoms with van der Waals surface area (Å²) < 4.78 is 16.7. The summed E-state index contributed by atoms with van der Waals surface area (Å²) in [5.74, 6) is 1.83. The van der Waals surface area contributed by atoms with Crippen LogP contribution in [0.3, 0.4) is 0 Å². The molecule has 0 atom stereocenters. The summed E-state index contributed by atoms with van der Waals surface area (Å²) >= 11 is 2.12. The van der Waals surface area contributed by atoms with Gasteiger partial charge in [0, 0.05) is 10.1 Å². The highest BCUT2D eigenvalue weighted by molar-refractivity contribution is 14.1. The van der Waals surface area contributed by atoms with Gasteiger partial charge in [0.15, 0.2) is 11.5 Å². The van der Waals surface area contributed by atoms with E-state index in [0.29, 0.717) is 30.0 Å². The van der Waals surface area contributed by atoms with Crippen LogP contribution in [0.1, 0.15) is 21.5 Å². The van der Waals surface area contributed by atoms with E-state index < -0.39 is 0 Å². The monoisotopic (exact) mass is 455 g/mol. The quantitative estimate of drug-likeness (QED) is 0.649. The maximum absolute atomic E-state index is 12.5. The predicted octanol–water partition coefficient (Wildman–Crippen LogP) is 3.60. The lowest BCUT2D eigenvalue weighted by atomic mass is 10.1. The van der Waals surface area contributed by atoms with Gasteiger partial charge in [-0.1, -0.05) is 17.7 Å². The summed E-state index contributed by atoms with van der Waals surface area (Å²) in [5.41, 5.74) is 2.80. The van der Waals surface area contributed by atoms with E-state index in [9.17, 15) is 4.79 Å². The maximum atomic E-state index is 12.5. The smallest absolute Gasteiger partial charge is 0.252 e. The number of ether oxygens (including phenoxy) is 3. The van der Waals surface area contributed by atoms with Crippen molar-refractivity contribution in [1.82, 2.24) is 5.32 Å². The van der Waals surface area contributed by atoms with Crippen LogP contribution in [0.2, 0.25) is 0 Å². The molecule has 0 fully saturated rings. The summed E-state index contributed by atoms with van der Waals surface area (Å²) in [7, 11) is 4.78. The van der Waals surface area contributed by atoms with Gasteiger partial charge < -0.3 is 19.5 Å². The van der Waals surface area contributed by atoms with E-state index in [1.165, 1.54) is 0 Å². The van der Waals surface area contributed by atoms with Crippen LogP contribution in [-0.2, 0) is 6.42 Å². The van der Waals surface area contributed by atoms with Crippen molar-refractivity contribution in [2.45, 2.75) is 13.3 Å². The second kappa shape index (κ2) is 8.94. The maximum Gasteiger partial charge on any atom is 0.252 e. The normalized spacial score (nSPS) is 10.3. The van der Waals surface area contributed by atoms with Crippen LogP contribution in [0.25, 0.3) is 0 Å². The van der Waals surface area contributed by atoms with Crippen molar-refractivity contribution in [3.8, 4) is 17.2 Å². The van der Waals surface area contributed by atoms with Gasteiger partial charge in [0.2, 0.25) is 0 Å². The van der Waals surface area contributed by atoms with E-state index in [-0.39, 0.29) is 5.91 Å². The Morgan fingerprint density at radius 2 is 1.64 bits per heavy atom. The third-order valence-corrected chi connectivity index (χ3v) is 4.73. The Balaban J connectivity index is 2.07. The summed E-state index contributed by atoms with van der Waals surface area (Å²) in [4.78, 5) is 12.5. The first kappa shape index (κ1) is 19.4. The molecule has 1 N–H and O–H groups in total. The molecular weight excluding hydrogens is 433 g/mol. The molecule has 6 heteroatoms. The number of carbonyl (C=O) groups excluding carboxylic acids is 1. The fraction of sp³-hybridized carbons (Fsp3) is 0.316. The second-order valence-electron chi connectivity index (χ2n) is 5.51. The van der Waals surface area contributed by atoms with Crippen LogP contribution in [-0.4, -0.2) is 33.8 Å². The van der Waals surface area contributed by atoms with Gasteiger partial charge in [-0.3, -0.25) is 4.79 Å². The van der Waals surface area contributed by atoms with Crippen LogP contribution in [0.4, 0.5) is 0 Å². The molecule has 134 valence electrons. The summed E-state index contributed by atoms with van der Waals surface area (Å²) in [5, 5.41) is 2.95. The van der Waals surface area contributed by atoms with Gasteiger partial charge in [0.25, 0.3) is 5.91 Å². The topological polar surface area (TPSA) is 56.8 Å². The lowest BCUT2D eigenvalue weighted by Crippen LogP contribution is -2.26. The molecule has 1 amide bonds. The number of rotatable bonds is 7. The fourth-order valence-electron chi connectivity index (χ4n) is 2.54. The third-order valence-electron chi connectivity index (χ3n) is 3.83. The predicted molar refractivity (Wildman–Crippen MR) is 106 cm³/mol. The highest BCUT2D eigenvalue weighted by atomic mass is 127. The molecule has 0 heterocycles. The van der Waals surface area contributed by atoms with Crippen LogP contribution >= 0.6 is 22.6 Å². The van der Waals surface area contributed by atoms with Crippen molar-refractivity contribution in [3.63, 3.8) is 0 Å². The SMILES string of the molecule is COc1ccc(C)cc1CCNC(=O)c1cc(OC)c(OC)cc1I. The Hall–Kier alpha value is -1.96. The molecule has 0 aromatic heterocycles. The molecule has 0 saturated carbocycles. The first-order chi connectivity index (χ1) is 12.0. The van der Waals surface area contributed by atoms with Gasteiger partial charge in [-0.15, -0.1) is 0 Å². The minimum absolute atomic E-state index is 0.142. The van der Waals surface area contributed by atoms with Gasteiger partial charge in [0.05, 0.1) is 26.9 Å². The number of halogens is 1. The lowest BCUT2D eigenvalue weighted by Gasteiger charge is -2.13. The number of hydrogen-bond donors (Lipinski definition) is 1. The summed E-state index contributed by atoms with van der Waals surface area (Å²) in [6.45, 7) is 2.55. The molecule has 0 aliphatic carbocycles. The number of methoxy groups -OCH3 is 3. The van der Waals surface area contributed by atoms with Crippen LogP contribution in [0, 0.1) is 10.5 Å². The van der Waals surface area contributed by atoms with Crippen molar-refractivity contribution in [3.05, 3.63) is 50.6 Å². The molecule has 5 nitrogen and oxygen atoms in total. The van der Waals surface area contributed by atoms with Gasteiger partial charge in [-0.05, 0) is 59.7 Å². The molecule has 2 rings (SSSR count). The fourth-order valence-corrected chi connectivity index (χ4v) is 3.22. The second-order valence-corrected chi connectivity index (χ2v) is 6.67. The zero-order valence-electron chi connectivity index (χ0n) is 14.8. The van der Waals surface area contributed by atoms with Crippen LogP contribution in [0.5, 0.6) is 17.2 Å². The molecule has 2 aromatic carbocycles. The summed E-state index contributed by atoms with van der Waals surface area (Å²) in [6, 6.07) is 9.52. The third kappa shape index (κ3) is 4.78. The number of benzene rings is 2. The van der Waals surface area contributed by atoms with Crippen LogP contribution in [0.15, 0.2) is 30.3 Å². The highest BCUT2D eigenvalue weighted by Gasteiger charge is 2.15. The Morgan fingerprint density at radius 1 is 1.00 bits per heavy atom. The average Bonchev–Trinajstić information content (AvgIpc) is 2.61. The van der Waals surface area contributed by atoms with E-state index in [2.05, 4.69) is 34.0 Å².